The summed E-state index contributed by atoms with van der Waals surface area (Å²) in [5.41, 5.74) is 1.58. The van der Waals surface area contributed by atoms with Crippen molar-refractivity contribution < 1.29 is 9.53 Å². The van der Waals surface area contributed by atoms with E-state index in [-0.39, 0.29) is 6.03 Å². The number of hydrogen-bond acceptors (Lipinski definition) is 5. The molecule has 8 heteroatoms. The fourth-order valence-electron chi connectivity index (χ4n) is 2.26. The number of nitrogens with zero attached hydrogens (tertiary/aromatic N) is 3. The average Bonchev–Trinajstić information content (AvgIpc) is 3.13. The number of carbonyl (C=O) groups is 1. The van der Waals surface area contributed by atoms with Crippen LogP contribution in [0.3, 0.4) is 0 Å². The zero-order chi connectivity index (χ0) is 18.5. The second kappa shape index (κ2) is 8.16. The van der Waals surface area contributed by atoms with Crippen LogP contribution in [0.1, 0.15) is 6.92 Å². The number of carbonyl (C=O) groups excluding carboxylic acids is 1. The molecule has 6 nitrogen and oxygen atoms in total. The molecule has 1 aromatic heterocycles. The van der Waals surface area contributed by atoms with Crippen molar-refractivity contribution in [3.63, 3.8) is 0 Å². The fourth-order valence-corrected chi connectivity index (χ4v) is 3.30. The number of methoxy groups -OCH3 is 1. The van der Waals surface area contributed by atoms with Crippen molar-refractivity contribution in [1.29, 1.82) is 0 Å². The van der Waals surface area contributed by atoms with Crippen molar-refractivity contribution in [2.24, 2.45) is 0 Å². The van der Waals surface area contributed by atoms with Gasteiger partial charge in [-0.2, -0.15) is 0 Å². The van der Waals surface area contributed by atoms with Crippen LogP contribution in [-0.4, -0.2) is 29.9 Å². The summed E-state index contributed by atoms with van der Waals surface area (Å²) >= 11 is 7.26. The van der Waals surface area contributed by atoms with Gasteiger partial charge in [0.05, 0.1) is 7.11 Å². The highest BCUT2D eigenvalue weighted by Gasteiger charge is 2.19. The summed E-state index contributed by atoms with van der Waals surface area (Å²) in [6.07, 6.45) is 0. The molecule has 0 spiro atoms. The van der Waals surface area contributed by atoms with E-state index in [0.29, 0.717) is 22.4 Å². The largest absolute Gasteiger partial charge is 0.497 e. The van der Waals surface area contributed by atoms with E-state index in [0.717, 1.165) is 16.3 Å². The van der Waals surface area contributed by atoms with Gasteiger partial charge in [-0.3, -0.25) is 4.90 Å². The third-order valence-electron chi connectivity index (χ3n) is 3.64. The van der Waals surface area contributed by atoms with E-state index in [1.807, 2.05) is 19.1 Å². The van der Waals surface area contributed by atoms with Gasteiger partial charge < -0.3 is 10.1 Å². The number of ether oxygens (including phenoxy) is 1. The summed E-state index contributed by atoms with van der Waals surface area (Å²) in [4.78, 5) is 14.1. The number of amides is 2. The Hall–Kier alpha value is -2.64. The summed E-state index contributed by atoms with van der Waals surface area (Å²) in [6, 6.07) is 14.2. The topological polar surface area (TPSA) is 67.4 Å². The number of anilines is 2. The van der Waals surface area contributed by atoms with Crippen LogP contribution < -0.4 is 15.0 Å². The highest BCUT2D eigenvalue weighted by molar-refractivity contribution is 7.18. The standard InChI is InChI=1S/C18H17ClN4O2S/c1-3-23(17(24)20-14-8-10-15(25-2)11-9-14)18-22-21-16(26-18)12-4-6-13(19)7-5-12/h4-11H,3H2,1-2H3,(H,20,24). The summed E-state index contributed by atoms with van der Waals surface area (Å²) in [7, 11) is 1.60. The Morgan fingerprint density at radius 3 is 2.46 bits per heavy atom. The molecule has 0 aliphatic heterocycles. The predicted octanol–water partition coefficient (Wildman–Crippen LogP) is 4.93. The molecule has 2 amide bonds. The quantitative estimate of drug-likeness (QED) is 0.673. The zero-order valence-electron chi connectivity index (χ0n) is 14.3. The van der Waals surface area contributed by atoms with E-state index in [1.54, 1.807) is 48.4 Å². The van der Waals surface area contributed by atoms with Crippen LogP contribution in [0.2, 0.25) is 5.02 Å². The Balaban J connectivity index is 1.75. The Kier molecular flexibility index (Phi) is 5.70. The van der Waals surface area contributed by atoms with Crippen LogP contribution >= 0.6 is 22.9 Å². The molecule has 0 bridgehead atoms. The number of benzene rings is 2. The van der Waals surface area contributed by atoms with Gasteiger partial charge in [0.15, 0.2) is 0 Å². The minimum atomic E-state index is -0.267. The fraction of sp³-hybridized carbons (Fsp3) is 0.167. The predicted molar refractivity (Wildman–Crippen MR) is 105 cm³/mol. The van der Waals surface area contributed by atoms with Gasteiger partial charge in [0.25, 0.3) is 0 Å². The Morgan fingerprint density at radius 2 is 1.85 bits per heavy atom. The molecular formula is C18H17ClN4O2S. The van der Waals surface area contributed by atoms with Crippen LogP contribution in [0.4, 0.5) is 15.6 Å². The number of rotatable bonds is 5. The normalized spacial score (nSPS) is 10.4. The van der Waals surface area contributed by atoms with Gasteiger partial charge in [-0.25, -0.2) is 4.79 Å². The van der Waals surface area contributed by atoms with Gasteiger partial charge in [0.2, 0.25) is 5.13 Å². The minimum Gasteiger partial charge on any atom is -0.497 e. The van der Waals surface area contributed by atoms with Crippen LogP contribution in [0.15, 0.2) is 48.5 Å². The molecule has 0 radical (unpaired) electrons. The third kappa shape index (κ3) is 4.12. The maximum absolute atomic E-state index is 12.6. The van der Waals surface area contributed by atoms with Gasteiger partial charge in [0.1, 0.15) is 10.8 Å². The van der Waals surface area contributed by atoms with E-state index >= 15 is 0 Å². The molecule has 0 aliphatic rings. The van der Waals surface area contributed by atoms with Gasteiger partial charge in [-0.1, -0.05) is 35.1 Å². The maximum Gasteiger partial charge on any atom is 0.328 e. The van der Waals surface area contributed by atoms with Crippen LogP contribution in [0.5, 0.6) is 5.75 Å². The molecule has 2 aromatic carbocycles. The minimum absolute atomic E-state index is 0.267. The van der Waals surface area contributed by atoms with E-state index in [1.165, 1.54) is 11.3 Å². The van der Waals surface area contributed by atoms with E-state index < -0.39 is 0 Å². The molecular weight excluding hydrogens is 372 g/mol. The first kappa shape index (κ1) is 18.2. The number of urea groups is 1. The Bertz CT molecular complexity index is 881. The lowest BCUT2D eigenvalue weighted by Gasteiger charge is -2.17. The van der Waals surface area contributed by atoms with Gasteiger partial charge in [0, 0.05) is 22.8 Å². The summed E-state index contributed by atoms with van der Waals surface area (Å²) in [5, 5.41) is 13.1. The molecule has 1 heterocycles. The summed E-state index contributed by atoms with van der Waals surface area (Å²) in [6.45, 7) is 2.36. The van der Waals surface area contributed by atoms with Crippen molar-refractivity contribution in [2.75, 3.05) is 23.9 Å². The second-order valence-electron chi connectivity index (χ2n) is 5.30. The van der Waals surface area contributed by atoms with E-state index in [9.17, 15) is 4.79 Å². The Labute approximate surface area is 160 Å². The van der Waals surface area contributed by atoms with Crippen LogP contribution in [0, 0.1) is 0 Å². The molecule has 0 unspecified atom stereocenters. The van der Waals surface area contributed by atoms with Crippen LogP contribution in [0.25, 0.3) is 10.6 Å². The Morgan fingerprint density at radius 1 is 1.15 bits per heavy atom. The van der Waals surface area contributed by atoms with Crippen molar-refractivity contribution in [1.82, 2.24) is 10.2 Å². The smallest absolute Gasteiger partial charge is 0.328 e. The number of nitrogens with one attached hydrogen (secondary N) is 1. The lowest BCUT2D eigenvalue weighted by atomic mass is 10.2. The first-order chi connectivity index (χ1) is 12.6. The van der Waals surface area contributed by atoms with Crippen molar-refractivity contribution >= 4 is 39.8 Å². The van der Waals surface area contributed by atoms with E-state index in [2.05, 4.69) is 15.5 Å². The number of hydrogen-bond donors (Lipinski definition) is 1. The van der Waals surface area contributed by atoms with Crippen molar-refractivity contribution in [3.05, 3.63) is 53.6 Å². The number of halogens is 1. The van der Waals surface area contributed by atoms with E-state index in [4.69, 9.17) is 16.3 Å². The molecule has 26 heavy (non-hydrogen) atoms. The first-order valence-corrected chi connectivity index (χ1v) is 9.12. The molecule has 0 aliphatic carbocycles. The second-order valence-corrected chi connectivity index (χ2v) is 6.69. The summed E-state index contributed by atoms with van der Waals surface area (Å²) in [5.74, 6) is 0.729. The van der Waals surface area contributed by atoms with Crippen molar-refractivity contribution in [2.45, 2.75) is 6.92 Å². The van der Waals surface area contributed by atoms with Gasteiger partial charge in [-0.15, -0.1) is 10.2 Å². The molecule has 0 fully saturated rings. The molecule has 0 saturated carbocycles. The number of aromatic nitrogens is 2. The third-order valence-corrected chi connectivity index (χ3v) is 4.89. The molecule has 3 aromatic rings. The van der Waals surface area contributed by atoms with Gasteiger partial charge >= 0.3 is 6.03 Å². The average molecular weight is 389 g/mol. The molecule has 3 rings (SSSR count). The lowest BCUT2D eigenvalue weighted by molar-refractivity contribution is 0.257. The first-order valence-electron chi connectivity index (χ1n) is 7.92. The molecule has 134 valence electrons. The van der Waals surface area contributed by atoms with Crippen molar-refractivity contribution in [3.8, 4) is 16.3 Å². The highest BCUT2D eigenvalue weighted by atomic mass is 35.5. The highest BCUT2D eigenvalue weighted by Crippen LogP contribution is 2.29. The maximum atomic E-state index is 12.6. The SMILES string of the molecule is CCN(C(=O)Nc1ccc(OC)cc1)c1nnc(-c2ccc(Cl)cc2)s1. The lowest BCUT2D eigenvalue weighted by Crippen LogP contribution is -2.34. The van der Waals surface area contributed by atoms with Crippen LogP contribution in [-0.2, 0) is 0 Å². The monoisotopic (exact) mass is 388 g/mol. The van der Waals surface area contributed by atoms with Gasteiger partial charge in [-0.05, 0) is 43.3 Å². The molecule has 0 saturated heterocycles. The zero-order valence-corrected chi connectivity index (χ0v) is 15.8. The molecule has 0 atom stereocenters. The molecule has 1 N–H and O–H groups in total. The summed E-state index contributed by atoms with van der Waals surface area (Å²) < 4.78 is 5.12.